The van der Waals surface area contributed by atoms with Crippen LogP contribution in [0.25, 0.3) is 0 Å². The standard InChI is InChI=1S/C4H4O.CH2O2.Na.H/c1-2-4-5-3-1;2-1-3;;/h1-4H;1H,(H,2,3);;/q;;+1;-1. The van der Waals surface area contributed by atoms with Crippen molar-refractivity contribution in [2.45, 2.75) is 0 Å². The molecule has 0 saturated heterocycles. The predicted octanol–water partition coefficient (Wildman–Crippen LogP) is -1.90. The molecule has 46 valence electrons. The van der Waals surface area contributed by atoms with Gasteiger partial charge in [0.05, 0.1) is 12.5 Å². The fourth-order valence-corrected chi connectivity index (χ4v) is 0.227. The van der Waals surface area contributed by atoms with E-state index in [1.807, 2.05) is 12.1 Å². The SMILES string of the molecule is O=CO.[H-].[Na+].c1ccoc1. The maximum Gasteiger partial charge on any atom is 1.00 e. The normalized spacial score (nSPS) is 5.78. The molecule has 0 spiro atoms. The number of rotatable bonds is 0. The van der Waals surface area contributed by atoms with Crippen molar-refractivity contribution in [2.24, 2.45) is 0 Å². The van der Waals surface area contributed by atoms with E-state index < -0.39 is 0 Å². The van der Waals surface area contributed by atoms with Gasteiger partial charge in [-0.1, -0.05) is 0 Å². The Morgan fingerprint density at radius 1 is 1.44 bits per heavy atom. The van der Waals surface area contributed by atoms with Gasteiger partial charge in [0.1, 0.15) is 0 Å². The molecular weight excluding hydrogens is 131 g/mol. The Bertz CT molecular complexity index is 103. The van der Waals surface area contributed by atoms with E-state index in [0.717, 1.165) is 0 Å². The first kappa shape index (κ1) is 11.5. The van der Waals surface area contributed by atoms with Gasteiger partial charge < -0.3 is 11.0 Å². The predicted molar refractivity (Wildman–Crippen MR) is 28.5 cm³/mol. The van der Waals surface area contributed by atoms with Crippen LogP contribution < -0.4 is 29.6 Å². The molecule has 0 fully saturated rings. The zero-order valence-electron chi connectivity index (χ0n) is 6.15. The Morgan fingerprint density at radius 2 is 1.78 bits per heavy atom. The van der Waals surface area contributed by atoms with Crippen LogP contribution in [0, 0.1) is 0 Å². The summed E-state index contributed by atoms with van der Waals surface area (Å²) in [5.74, 6) is 0. The van der Waals surface area contributed by atoms with Crippen molar-refractivity contribution in [1.82, 2.24) is 0 Å². The minimum Gasteiger partial charge on any atom is -1.00 e. The monoisotopic (exact) mass is 138 g/mol. The van der Waals surface area contributed by atoms with Crippen LogP contribution in [0.5, 0.6) is 0 Å². The third kappa shape index (κ3) is 11.4. The maximum absolute atomic E-state index is 8.36. The number of carbonyl (C=O) groups is 1. The molecule has 0 radical (unpaired) electrons. The van der Waals surface area contributed by atoms with Crippen LogP contribution in [-0.2, 0) is 4.79 Å². The van der Waals surface area contributed by atoms with Crippen molar-refractivity contribution in [3.05, 3.63) is 24.7 Å². The van der Waals surface area contributed by atoms with Crippen molar-refractivity contribution >= 4 is 6.47 Å². The second-order valence-electron chi connectivity index (χ2n) is 0.899. The van der Waals surface area contributed by atoms with Gasteiger partial charge in [0.15, 0.2) is 0 Å². The van der Waals surface area contributed by atoms with Crippen LogP contribution in [0.2, 0.25) is 0 Å². The minimum absolute atomic E-state index is 0. The maximum atomic E-state index is 8.36. The molecule has 9 heavy (non-hydrogen) atoms. The van der Waals surface area contributed by atoms with Crippen molar-refractivity contribution in [2.75, 3.05) is 0 Å². The first-order chi connectivity index (χ1) is 3.91. The summed E-state index contributed by atoms with van der Waals surface area (Å²) in [5.41, 5.74) is 0. The molecule has 1 heterocycles. The summed E-state index contributed by atoms with van der Waals surface area (Å²) in [7, 11) is 0. The molecule has 0 bridgehead atoms. The molecule has 3 nitrogen and oxygen atoms in total. The van der Waals surface area contributed by atoms with Gasteiger partial charge in [0.25, 0.3) is 6.47 Å². The minimum atomic E-state index is -0.250. The van der Waals surface area contributed by atoms with Crippen LogP contribution >= 0.6 is 0 Å². The Hall–Kier alpha value is -0.250. The Kier molecular flexibility index (Phi) is 13.7. The molecule has 4 heteroatoms. The van der Waals surface area contributed by atoms with Gasteiger partial charge in [-0.05, 0) is 12.1 Å². The molecule has 0 aliphatic rings. The zero-order valence-corrected chi connectivity index (χ0v) is 7.15. The van der Waals surface area contributed by atoms with Gasteiger partial charge in [-0.3, -0.25) is 4.79 Å². The topological polar surface area (TPSA) is 50.4 Å². The third-order valence-corrected chi connectivity index (χ3v) is 0.425. The summed E-state index contributed by atoms with van der Waals surface area (Å²) < 4.78 is 4.58. The van der Waals surface area contributed by atoms with Gasteiger partial charge in [-0.15, -0.1) is 0 Å². The van der Waals surface area contributed by atoms with Crippen LogP contribution in [0.15, 0.2) is 29.1 Å². The molecular formula is C5H7NaO3. The van der Waals surface area contributed by atoms with E-state index in [1.54, 1.807) is 12.5 Å². The van der Waals surface area contributed by atoms with Gasteiger partial charge >= 0.3 is 29.6 Å². The second-order valence-corrected chi connectivity index (χ2v) is 0.899. The molecule has 0 amide bonds. The molecule has 1 N–H and O–H groups in total. The van der Waals surface area contributed by atoms with Gasteiger partial charge in [0.2, 0.25) is 0 Å². The number of carboxylic acid groups (broad SMARTS) is 1. The van der Waals surface area contributed by atoms with Crippen LogP contribution in [0.4, 0.5) is 0 Å². The second kappa shape index (κ2) is 10.7. The van der Waals surface area contributed by atoms with E-state index in [-0.39, 0.29) is 37.5 Å². The Morgan fingerprint density at radius 3 is 1.89 bits per heavy atom. The van der Waals surface area contributed by atoms with Crippen molar-refractivity contribution < 1.29 is 45.3 Å². The van der Waals surface area contributed by atoms with Crippen molar-refractivity contribution in [3.8, 4) is 0 Å². The van der Waals surface area contributed by atoms with E-state index >= 15 is 0 Å². The van der Waals surface area contributed by atoms with E-state index in [1.165, 1.54) is 0 Å². The summed E-state index contributed by atoms with van der Waals surface area (Å²) in [6.45, 7) is -0.250. The number of furan rings is 1. The summed E-state index contributed by atoms with van der Waals surface area (Å²) in [4.78, 5) is 8.36. The average molecular weight is 138 g/mol. The van der Waals surface area contributed by atoms with E-state index in [2.05, 4.69) is 4.42 Å². The summed E-state index contributed by atoms with van der Waals surface area (Å²) in [6.07, 6.45) is 3.25. The molecule has 0 atom stereocenters. The van der Waals surface area contributed by atoms with Crippen LogP contribution in [-0.4, -0.2) is 11.6 Å². The third-order valence-electron chi connectivity index (χ3n) is 0.425. The zero-order chi connectivity index (χ0) is 6.24. The number of hydrogen-bond donors (Lipinski definition) is 1. The molecule has 1 rings (SSSR count). The van der Waals surface area contributed by atoms with Gasteiger partial charge in [0, 0.05) is 0 Å². The van der Waals surface area contributed by atoms with Gasteiger partial charge in [-0.2, -0.15) is 0 Å². The van der Waals surface area contributed by atoms with Crippen LogP contribution in [0.3, 0.4) is 0 Å². The smallest absolute Gasteiger partial charge is 1.00 e. The van der Waals surface area contributed by atoms with Crippen molar-refractivity contribution in [1.29, 1.82) is 0 Å². The van der Waals surface area contributed by atoms with Crippen LogP contribution in [0.1, 0.15) is 1.43 Å². The fourth-order valence-electron chi connectivity index (χ4n) is 0.227. The molecule has 0 saturated carbocycles. The van der Waals surface area contributed by atoms with E-state index in [4.69, 9.17) is 9.90 Å². The van der Waals surface area contributed by atoms with Crippen molar-refractivity contribution in [3.63, 3.8) is 0 Å². The summed E-state index contributed by atoms with van der Waals surface area (Å²) in [6, 6.07) is 3.67. The number of hydrogen-bond acceptors (Lipinski definition) is 2. The molecule has 0 aliphatic carbocycles. The molecule has 0 unspecified atom stereocenters. The fraction of sp³-hybridized carbons (Fsp3) is 0. The molecule has 0 aromatic carbocycles. The van der Waals surface area contributed by atoms with E-state index in [9.17, 15) is 0 Å². The quantitative estimate of drug-likeness (QED) is 0.336. The van der Waals surface area contributed by atoms with E-state index in [0.29, 0.717) is 0 Å². The summed E-state index contributed by atoms with van der Waals surface area (Å²) >= 11 is 0. The largest absolute Gasteiger partial charge is 1.00 e. The summed E-state index contributed by atoms with van der Waals surface area (Å²) in [5, 5.41) is 6.89. The molecule has 1 aromatic heterocycles. The first-order valence-electron chi connectivity index (χ1n) is 1.97. The first-order valence-corrected chi connectivity index (χ1v) is 1.97. The Labute approximate surface area is 76.5 Å². The molecule has 1 aromatic rings. The average Bonchev–Trinajstić information content (AvgIpc) is 2.17. The van der Waals surface area contributed by atoms with Gasteiger partial charge in [-0.25, -0.2) is 0 Å². The molecule has 0 aliphatic heterocycles. The Balaban J connectivity index is -0.0000000900.